The Hall–Kier alpha value is -0.610. The van der Waals surface area contributed by atoms with Crippen LogP contribution in [-0.2, 0) is 9.53 Å². The second-order valence-corrected chi connectivity index (χ2v) is 4.33. The summed E-state index contributed by atoms with van der Waals surface area (Å²) in [6.45, 7) is 5.41. The van der Waals surface area contributed by atoms with Crippen molar-refractivity contribution in [2.24, 2.45) is 0 Å². The Kier molecular flexibility index (Phi) is 3.89. The fraction of sp³-hybridized carbons (Fsp3) is 0.900. The van der Waals surface area contributed by atoms with Crippen LogP contribution in [0.4, 0.5) is 0 Å². The maximum absolute atomic E-state index is 11.6. The van der Waals surface area contributed by atoms with E-state index >= 15 is 0 Å². The molecule has 0 radical (unpaired) electrons. The van der Waals surface area contributed by atoms with Gasteiger partial charge in [-0.1, -0.05) is 0 Å². The van der Waals surface area contributed by atoms with E-state index < -0.39 is 0 Å². The summed E-state index contributed by atoms with van der Waals surface area (Å²) in [6, 6.07) is 0.00246. The van der Waals surface area contributed by atoms with E-state index in [1.807, 2.05) is 13.8 Å². The standard InChI is InChI=1S/C10H20N2O2/c1-10(2,14-3)7-12-9(13)8-5-4-6-11-8/h8,11H,4-7H2,1-3H3,(H,12,13)/t8-/m0/s1. The monoisotopic (exact) mass is 200 g/mol. The molecule has 1 aliphatic heterocycles. The molecule has 2 N–H and O–H groups in total. The third-order valence-electron chi connectivity index (χ3n) is 2.62. The molecule has 0 bridgehead atoms. The van der Waals surface area contributed by atoms with Crippen molar-refractivity contribution in [2.75, 3.05) is 20.2 Å². The van der Waals surface area contributed by atoms with Crippen molar-refractivity contribution in [2.45, 2.75) is 38.3 Å². The van der Waals surface area contributed by atoms with Crippen molar-refractivity contribution in [1.82, 2.24) is 10.6 Å². The van der Waals surface area contributed by atoms with Gasteiger partial charge in [0.25, 0.3) is 0 Å². The number of carbonyl (C=O) groups excluding carboxylic acids is 1. The number of hydrogen-bond acceptors (Lipinski definition) is 3. The number of rotatable bonds is 4. The Morgan fingerprint density at radius 2 is 2.36 bits per heavy atom. The van der Waals surface area contributed by atoms with E-state index in [0.29, 0.717) is 6.54 Å². The van der Waals surface area contributed by atoms with E-state index in [1.165, 1.54) is 0 Å². The highest BCUT2D eigenvalue weighted by Gasteiger charge is 2.24. The van der Waals surface area contributed by atoms with Crippen LogP contribution in [0.5, 0.6) is 0 Å². The number of carbonyl (C=O) groups is 1. The number of hydrogen-bond donors (Lipinski definition) is 2. The molecule has 0 aromatic carbocycles. The molecule has 0 aromatic rings. The minimum absolute atomic E-state index is 0.00246. The first-order valence-electron chi connectivity index (χ1n) is 5.11. The number of amides is 1. The van der Waals surface area contributed by atoms with Gasteiger partial charge in [0.2, 0.25) is 5.91 Å². The molecular weight excluding hydrogens is 180 g/mol. The third-order valence-corrected chi connectivity index (χ3v) is 2.62. The molecular formula is C10H20N2O2. The maximum atomic E-state index is 11.6. The molecule has 0 spiro atoms. The average Bonchev–Trinajstić information content (AvgIpc) is 2.67. The highest BCUT2D eigenvalue weighted by atomic mass is 16.5. The average molecular weight is 200 g/mol. The Labute approximate surface area is 85.4 Å². The number of ether oxygens (including phenoxy) is 1. The van der Waals surface area contributed by atoms with E-state index in [0.717, 1.165) is 19.4 Å². The molecule has 1 rings (SSSR count). The van der Waals surface area contributed by atoms with Gasteiger partial charge < -0.3 is 15.4 Å². The minimum atomic E-state index is -0.283. The van der Waals surface area contributed by atoms with Gasteiger partial charge in [0.1, 0.15) is 0 Å². The molecule has 1 heterocycles. The van der Waals surface area contributed by atoms with Gasteiger partial charge in [0.15, 0.2) is 0 Å². The van der Waals surface area contributed by atoms with Crippen LogP contribution in [0, 0.1) is 0 Å². The van der Waals surface area contributed by atoms with Gasteiger partial charge in [-0.15, -0.1) is 0 Å². The summed E-state index contributed by atoms with van der Waals surface area (Å²) in [5.74, 6) is 0.0904. The van der Waals surface area contributed by atoms with E-state index in [2.05, 4.69) is 10.6 Å². The molecule has 1 aliphatic rings. The zero-order chi connectivity index (χ0) is 10.6. The van der Waals surface area contributed by atoms with Crippen LogP contribution in [0.2, 0.25) is 0 Å². The first-order valence-corrected chi connectivity index (χ1v) is 5.11. The molecule has 82 valence electrons. The van der Waals surface area contributed by atoms with E-state index in [1.54, 1.807) is 7.11 Å². The first-order chi connectivity index (χ1) is 6.55. The molecule has 1 amide bonds. The summed E-state index contributed by atoms with van der Waals surface area (Å²) in [5.41, 5.74) is -0.283. The lowest BCUT2D eigenvalue weighted by atomic mass is 10.1. The number of nitrogens with one attached hydrogen (secondary N) is 2. The van der Waals surface area contributed by atoms with Crippen molar-refractivity contribution >= 4 is 5.91 Å². The molecule has 1 saturated heterocycles. The van der Waals surface area contributed by atoms with Crippen molar-refractivity contribution in [3.63, 3.8) is 0 Å². The van der Waals surface area contributed by atoms with Gasteiger partial charge in [-0.05, 0) is 33.2 Å². The predicted molar refractivity (Wildman–Crippen MR) is 55.1 cm³/mol. The van der Waals surface area contributed by atoms with Gasteiger partial charge >= 0.3 is 0 Å². The molecule has 14 heavy (non-hydrogen) atoms. The molecule has 4 nitrogen and oxygen atoms in total. The van der Waals surface area contributed by atoms with Gasteiger partial charge in [0, 0.05) is 13.7 Å². The summed E-state index contributed by atoms with van der Waals surface area (Å²) in [7, 11) is 1.65. The SMILES string of the molecule is COC(C)(C)CNC(=O)[C@@H]1CCCN1. The van der Waals surface area contributed by atoms with Crippen LogP contribution >= 0.6 is 0 Å². The third kappa shape index (κ3) is 3.27. The van der Waals surface area contributed by atoms with Crippen molar-refractivity contribution in [3.05, 3.63) is 0 Å². The Morgan fingerprint density at radius 3 is 2.86 bits per heavy atom. The van der Waals surface area contributed by atoms with E-state index in [4.69, 9.17) is 4.74 Å². The van der Waals surface area contributed by atoms with Crippen LogP contribution in [0.25, 0.3) is 0 Å². The topological polar surface area (TPSA) is 50.4 Å². The highest BCUT2D eigenvalue weighted by Crippen LogP contribution is 2.07. The summed E-state index contributed by atoms with van der Waals surface area (Å²) < 4.78 is 5.22. The lowest BCUT2D eigenvalue weighted by Crippen LogP contribution is -2.46. The zero-order valence-corrected chi connectivity index (χ0v) is 9.22. The first kappa shape index (κ1) is 11.5. The van der Waals surface area contributed by atoms with Crippen LogP contribution in [0.3, 0.4) is 0 Å². The maximum Gasteiger partial charge on any atom is 0.237 e. The second kappa shape index (κ2) is 4.75. The summed E-state index contributed by atoms with van der Waals surface area (Å²) in [6.07, 6.45) is 2.03. The quantitative estimate of drug-likeness (QED) is 0.685. The van der Waals surface area contributed by atoms with Crippen LogP contribution in [0.1, 0.15) is 26.7 Å². The predicted octanol–water partition coefficient (Wildman–Crippen LogP) is 0.280. The van der Waals surface area contributed by atoms with Crippen LogP contribution < -0.4 is 10.6 Å². The molecule has 0 saturated carbocycles. The minimum Gasteiger partial charge on any atom is -0.377 e. The smallest absolute Gasteiger partial charge is 0.237 e. The molecule has 4 heteroatoms. The highest BCUT2D eigenvalue weighted by molar-refractivity contribution is 5.82. The van der Waals surface area contributed by atoms with Gasteiger partial charge in [-0.25, -0.2) is 0 Å². The lowest BCUT2D eigenvalue weighted by molar-refractivity contribution is -0.124. The summed E-state index contributed by atoms with van der Waals surface area (Å²) in [4.78, 5) is 11.6. The van der Waals surface area contributed by atoms with Gasteiger partial charge in [-0.3, -0.25) is 4.79 Å². The van der Waals surface area contributed by atoms with E-state index in [-0.39, 0.29) is 17.6 Å². The largest absolute Gasteiger partial charge is 0.377 e. The van der Waals surface area contributed by atoms with Crippen molar-refractivity contribution in [1.29, 1.82) is 0 Å². The Bertz CT molecular complexity index is 198. The Morgan fingerprint density at radius 1 is 1.64 bits per heavy atom. The van der Waals surface area contributed by atoms with Crippen molar-refractivity contribution < 1.29 is 9.53 Å². The van der Waals surface area contributed by atoms with Crippen molar-refractivity contribution in [3.8, 4) is 0 Å². The molecule has 0 unspecified atom stereocenters. The number of methoxy groups -OCH3 is 1. The summed E-state index contributed by atoms with van der Waals surface area (Å²) in [5, 5.41) is 6.05. The molecule has 1 atom stereocenters. The van der Waals surface area contributed by atoms with Crippen LogP contribution in [-0.4, -0.2) is 37.7 Å². The van der Waals surface area contributed by atoms with Crippen LogP contribution in [0.15, 0.2) is 0 Å². The second-order valence-electron chi connectivity index (χ2n) is 4.33. The van der Waals surface area contributed by atoms with Gasteiger partial charge in [0.05, 0.1) is 11.6 Å². The van der Waals surface area contributed by atoms with E-state index in [9.17, 15) is 4.79 Å². The fourth-order valence-corrected chi connectivity index (χ4v) is 1.40. The molecule has 0 aliphatic carbocycles. The fourth-order valence-electron chi connectivity index (χ4n) is 1.40. The normalized spacial score (nSPS) is 22.4. The molecule has 1 fully saturated rings. The molecule has 0 aromatic heterocycles. The summed E-state index contributed by atoms with van der Waals surface area (Å²) >= 11 is 0. The van der Waals surface area contributed by atoms with Gasteiger partial charge in [-0.2, -0.15) is 0 Å². The Balaban J connectivity index is 2.27. The zero-order valence-electron chi connectivity index (χ0n) is 9.22. The lowest BCUT2D eigenvalue weighted by Gasteiger charge is -2.24.